The van der Waals surface area contributed by atoms with Crippen molar-refractivity contribution in [2.75, 3.05) is 13.1 Å². The maximum Gasteiger partial charge on any atom is 0.309 e. The zero-order chi connectivity index (χ0) is 16.7. The van der Waals surface area contributed by atoms with Crippen LogP contribution in [-0.2, 0) is 16.6 Å². The third-order valence-electron chi connectivity index (χ3n) is 4.10. The van der Waals surface area contributed by atoms with Crippen molar-refractivity contribution in [3.05, 3.63) is 35.7 Å². The Balaban J connectivity index is 1.67. The molecule has 6 nitrogen and oxygen atoms in total. The quantitative estimate of drug-likeness (QED) is 0.544. The summed E-state index contributed by atoms with van der Waals surface area (Å²) in [5.74, 6) is -1.36. The summed E-state index contributed by atoms with van der Waals surface area (Å²) < 4.78 is 1.77. The molecule has 0 fully saturated rings. The van der Waals surface area contributed by atoms with Crippen molar-refractivity contribution >= 4 is 11.8 Å². The predicted molar refractivity (Wildman–Crippen MR) is 87.6 cm³/mol. The topological polar surface area (TPSA) is 83.4 Å². The minimum absolute atomic E-state index is 0.00919. The number of carbonyl (C=O) groups is 2. The molecule has 0 saturated heterocycles. The van der Waals surface area contributed by atoms with Crippen LogP contribution in [0.4, 0.5) is 0 Å². The number of aromatic nitrogens is 1. The summed E-state index contributed by atoms with van der Waals surface area (Å²) in [5, 5.41) is 15.1. The maximum atomic E-state index is 11.7. The van der Waals surface area contributed by atoms with E-state index in [1.54, 1.807) is 10.6 Å². The average Bonchev–Trinajstić information content (AvgIpc) is 2.99. The van der Waals surface area contributed by atoms with Crippen molar-refractivity contribution in [3.8, 4) is 0 Å². The molecule has 0 spiro atoms. The number of rotatable bonds is 6. The largest absolute Gasteiger partial charge is 0.385 e. The highest BCUT2D eigenvalue weighted by atomic mass is 16.3. The van der Waals surface area contributed by atoms with Crippen molar-refractivity contribution in [2.45, 2.75) is 38.2 Å². The average molecular weight is 319 g/mol. The van der Waals surface area contributed by atoms with Gasteiger partial charge >= 0.3 is 11.8 Å². The lowest BCUT2D eigenvalue weighted by Gasteiger charge is -2.14. The van der Waals surface area contributed by atoms with Gasteiger partial charge in [0.05, 0.1) is 0 Å². The minimum atomic E-state index is -0.834. The molecule has 0 unspecified atom stereocenters. The number of aryl methyl sites for hydroxylation is 1. The second-order valence-electron chi connectivity index (χ2n) is 5.88. The van der Waals surface area contributed by atoms with Crippen LogP contribution in [0.15, 0.2) is 30.0 Å². The molecule has 1 heterocycles. The smallest absolute Gasteiger partial charge is 0.309 e. The Morgan fingerprint density at radius 3 is 2.74 bits per heavy atom. The molecule has 23 heavy (non-hydrogen) atoms. The van der Waals surface area contributed by atoms with E-state index in [-0.39, 0.29) is 6.54 Å². The Morgan fingerprint density at radius 2 is 2.09 bits per heavy atom. The molecule has 0 aliphatic heterocycles. The van der Waals surface area contributed by atoms with Crippen LogP contribution in [0.5, 0.6) is 0 Å². The standard InChI is InChI=1S/C17H25N3O3/c1-20-11-5-8-14(20)15(21)12-19-17(23)16(22)18-10-9-13-6-3-2-4-7-13/h5-6,8,11,15,21H,2-4,7,9-10,12H2,1H3,(H,18,22)(H,19,23)/t15-/m0/s1. The van der Waals surface area contributed by atoms with Gasteiger partial charge in [0.2, 0.25) is 0 Å². The normalized spacial score (nSPS) is 15.7. The fourth-order valence-corrected chi connectivity index (χ4v) is 2.74. The van der Waals surface area contributed by atoms with E-state index in [2.05, 4.69) is 16.7 Å². The monoisotopic (exact) mass is 319 g/mol. The number of nitrogens with zero attached hydrogens (tertiary/aromatic N) is 1. The summed E-state index contributed by atoms with van der Waals surface area (Å²) in [6, 6.07) is 3.59. The number of amides is 2. The number of hydrogen-bond acceptors (Lipinski definition) is 3. The van der Waals surface area contributed by atoms with Crippen LogP contribution in [0.1, 0.15) is 43.9 Å². The summed E-state index contributed by atoms with van der Waals surface area (Å²) in [6.07, 6.45) is 8.65. The van der Waals surface area contributed by atoms with Gasteiger partial charge in [-0.25, -0.2) is 0 Å². The molecular formula is C17H25N3O3. The van der Waals surface area contributed by atoms with E-state index in [0.717, 1.165) is 19.3 Å². The third-order valence-corrected chi connectivity index (χ3v) is 4.10. The van der Waals surface area contributed by atoms with Crippen molar-refractivity contribution in [1.82, 2.24) is 15.2 Å². The Labute approximate surface area is 136 Å². The van der Waals surface area contributed by atoms with E-state index < -0.39 is 17.9 Å². The molecule has 0 radical (unpaired) electrons. The van der Waals surface area contributed by atoms with Gasteiger partial charge in [0, 0.05) is 32.0 Å². The molecular weight excluding hydrogens is 294 g/mol. The van der Waals surface area contributed by atoms with Crippen molar-refractivity contribution < 1.29 is 14.7 Å². The number of hydrogen-bond donors (Lipinski definition) is 3. The molecule has 1 atom stereocenters. The first kappa shape index (κ1) is 17.3. The molecule has 2 rings (SSSR count). The van der Waals surface area contributed by atoms with E-state index in [1.165, 1.54) is 18.4 Å². The lowest BCUT2D eigenvalue weighted by molar-refractivity contribution is -0.139. The van der Waals surface area contributed by atoms with Crippen LogP contribution in [0.25, 0.3) is 0 Å². The molecule has 0 aromatic carbocycles. The summed E-state index contributed by atoms with van der Waals surface area (Å²) in [7, 11) is 1.81. The molecule has 1 aromatic heterocycles. The van der Waals surface area contributed by atoms with Crippen LogP contribution in [0.3, 0.4) is 0 Å². The van der Waals surface area contributed by atoms with Crippen molar-refractivity contribution in [2.24, 2.45) is 7.05 Å². The SMILES string of the molecule is Cn1cccc1[C@@H](O)CNC(=O)C(=O)NCCC1=CCCCC1. The van der Waals surface area contributed by atoms with Gasteiger partial charge in [-0.1, -0.05) is 11.6 Å². The molecule has 1 aliphatic carbocycles. The van der Waals surface area contributed by atoms with E-state index >= 15 is 0 Å². The molecule has 1 aliphatic rings. The van der Waals surface area contributed by atoms with Crippen molar-refractivity contribution in [1.29, 1.82) is 0 Å². The van der Waals surface area contributed by atoms with Crippen LogP contribution in [0.2, 0.25) is 0 Å². The van der Waals surface area contributed by atoms with Crippen LogP contribution >= 0.6 is 0 Å². The number of allylic oxidation sites excluding steroid dienone is 1. The van der Waals surface area contributed by atoms with Crippen molar-refractivity contribution in [3.63, 3.8) is 0 Å². The lowest BCUT2D eigenvalue weighted by atomic mass is 9.97. The second-order valence-corrected chi connectivity index (χ2v) is 5.88. The summed E-state index contributed by atoms with van der Waals surface area (Å²) in [4.78, 5) is 23.4. The van der Waals surface area contributed by atoms with E-state index in [1.807, 2.05) is 19.3 Å². The summed E-state index contributed by atoms with van der Waals surface area (Å²) in [6.45, 7) is 0.480. The van der Waals surface area contributed by atoms with Gasteiger partial charge in [0.25, 0.3) is 0 Å². The first-order valence-electron chi connectivity index (χ1n) is 8.11. The van der Waals surface area contributed by atoms with E-state index in [9.17, 15) is 14.7 Å². The van der Waals surface area contributed by atoms with Gasteiger partial charge in [0.1, 0.15) is 6.10 Å². The molecule has 3 N–H and O–H groups in total. The van der Waals surface area contributed by atoms with Gasteiger partial charge in [-0.2, -0.15) is 0 Å². The van der Waals surface area contributed by atoms with Crippen LogP contribution < -0.4 is 10.6 Å². The molecule has 6 heteroatoms. The summed E-state index contributed by atoms with van der Waals surface area (Å²) >= 11 is 0. The van der Waals surface area contributed by atoms with Gasteiger partial charge in [0.15, 0.2) is 0 Å². The van der Waals surface area contributed by atoms with Crippen LogP contribution in [0, 0.1) is 0 Å². The maximum absolute atomic E-state index is 11.7. The lowest BCUT2D eigenvalue weighted by Crippen LogP contribution is -2.41. The molecule has 1 aromatic rings. The Kier molecular flexibility index (Phi) is 6.40. The highest BCUT2D eigenvalue weighted by Gasteiger charge is 2.16. The Hall–Kier alpha value is -2.08. The zero-order valence-electron chi connectivity index (χ0n) is 13.5. The predicted octanol–water partition coefficient (Wildman–Crippen LogP) is 1.18. The number of carbonyl (C=O) groups excluding carboxylic acids is 2. The number of aliphatic hydroxyl groups is 1. The first-order chi connectivity index (χ1) is 11.1. The van der Waals surface area contributed by atoms with Gasteiger partial charge in [-0.15, -0.1) is 0 Å². The highest BCUT2D eigenvalue weighted by molar-refractivity contribution is 6.35. The van der Waals surface area contributed by atoms with Crippen LogP contribution in [-0.4, -0.2) is 34.6 Å². The second kappa shape index (κ2) is 8.53. The molecule has 126 valence electrons. The third kappa shape index (κ3) is 5.25. The van der Waals surface area contributed by atoms with E-state index in [4.69, 9.17) is 0 Å². The molecule has 2 amide bonds. The van der Waals surface area contributed by atoms with Gasteiger partial charge < -0.3 is 20.3 Å². The molecule has 0 saturated carbocycles. The zero-order valence-corrected chi connectivity index (χ0v) is 13.5. The Bertz CT molecular complexity index is 577. The van der Waals surface area contributed by atoms with Gasteiger partial charge in [-0.3, -0.25) is 9.59 Å². The van der Waals surface area contributed by atoms with E-state index in [0.29, 0.717) is 12.2 Å². The fourth-order valence-electron chi connectivity index (χ4n) is 2.74. The summed E-state index contributed by atoms with van der Waals surface area (Å²) in [5.41, 5.74) is 2.05. The Morgan fingerprint density at radius 1 is 1.30 bits per heavy atom. The highest BCUT2D eigenvalue weighted by Crippen LogP contribution is 2.19. The minimum Gasteiger partial charge on any atom is -0.385 e. The number of nitrogens with one attached hydrogen (secondary N) is 2. The van der Waals surface area contributed by atoms with Gasteiger partial charge in [-0.05, 0) is 44.2 Å². The first-order valence-corrected chi connectivity index (χ1v) is 8.11. The fraction of sp³-hybridized carbons (Fsp3) is 0.529. The molecule has 0 bridgehead atoms. The number of aliphatic hydroxyl groups excluding tert-OH is 1.